The van der Waals surface area contributed by atoms with Crippen LogP contribution >= 0.6 is 0 Å². The summed E-state index contributed by atoms with van der Waals surface area (Å²) in [6, 6.07) is 9.57. The molecule has 2 heterocycles. The number of nitrogens with zero attached hydrogens (tertiary/aromatic N) is 3. The van der Waals surface area contributed by atoms with Gasteiger partial charge in [-0.3, -0.25) is 0 Å². The van der Waals surface area contributed by atoms with Crippen LogP contribution in [0.2, 0.25) is 0 Å². The molecule has 0 spiro atoms. The van der Waals surface area contributed by atoms with Crippen LogP contribution in [0, 0.1) is 5.82 Å². The molecule has 1 fully saturated rings. The predicted molar refractivity (Wildman–Crippen MR) is 90.7 cm³/mol. The standard InChI is InChI=1S/C17H20FN3O2S/c1-20(13-14-4-6-15(18)7-5-14)17-9-8-16(12-19-17)24(22,23)21-10-2-3-11-21/h4-9,12H,2-3,10-11,13H2,1H3. The average Bonchev–Trinajstić information content (AvgIpc) is 3.12. The van der Waals surface area contributed by atoms with E-state index in [0.29, 0.717) is 25.5 Å². The van der Waals surface area contributed by atoms with Crippen LogP contribution in [-0.2, 0) is 16.6 Å². The van der Waals surface area contributed by atoms with Gasteiger partial charge in [-0.2, -0.15) is 4.31 Å². The molecule has 0 aliphatic carbocycles. The quantitative estimate of drug-likeness (QED) is 0.833. The Kier molecular flexibility index (Phi) is 4.82. The molecule has 1 saturated heterocycles. The third kappa shape index (κ3) is 3.57. The Bertz CT molecular complexity index is 786. The third-order valence-electron chi connectivity index (χ3n) is 4.15. The maximum atomic E-state index is 12.9. The lowest BCUT2D eigenvalue weighted by molar-refractivity contribution is 0.477. The molecule has 128 valence electrons. The summed E-state index contributed by atoms with van der Waals surface area (Å²) < 4.78 is 39.4. The fourth-order valence-electron chi connectivity index (χ4n) is 2.77. The van der Waals surface area contributed by atoms with E-state index in [9.17, 15) is 12.8 Å². The van der Waals surface area contributed by atoms with Gasteiger partial charge in [0, 0.05) is 32.9 Å². The minimum absolute atomic E-state index is 0.225. The Morgan fingerprint density at radius 3 is 2.38 bits per heavy atom. The molecule has 1 aliphatic heterocycles. The highest BCUT2D eigenvalue weighted by Gasteiger charge is 2.27. The Labute approximate surface area is 141 Å². The van der Waals surface area contributed by atoms with Gasteiger partial charge in [0.15, 0.2) is 0 Å². The number of sulfonamides is 1. The lowest BCUT2D eigenvalue weighted by Crippen LogP contribution is -2.28. The van der Waals surface area contributed by atoms with Crippen LogP contribution in [0.15, 0.2) is 47.5 Å². The smallest absolute Gasteiger partial charge is 0.244 e. The van der Waals surface area contributed by atoms with E-state index in [2.05, 4.69) is 4.98 Å². The van der Waals surface area contributed by atoms with Gasteiger partial charge in [0.1, 0.15) is 16.5 Å². The number of rotatable bonds is 5. The van der Waals surface area contributed by atoms with Gasteiger partial charge in [0.2, 0.25) is 10.0 Å². The van der Waals surface area contributed by atoms with Crippen molar-refractivity contribution in [1.82, 2.24) is 9.29 Å². The van der Waals surface area contributed by atoms with Gasteiger partial charge in [0.25, 0.3) is 0 Å². The van der Waals surface area contributed by atoms with Gasteiger partial charge in [-0.1, -0.05) is 12.1 Å². The molecule has 7 heteroatoms. The van der Waals surface area contributed by atoms with E-state index in [1.54, 1.807) is 24.3 Å². The number of hydrogen-bond donors (Lipinski definition) is 0. The lowest BCUT2D eigenvalue weighted by atomic mass is 10.2. The monoisotopic (exact) mass is 349 g/mol. The number of pyridine rings is 1. The first kappa shape index (κ1) is 16.9. The predicted octanol–water partition coefficient (Wildman–Crippen LogP) is 2.64. The minimum atomic E-state index is -3.43. The van der Waals surface area contributed by atoms with Gasteiger partial charge >= 0.3 is 0 Å². The topological polar surface area (TPSA) is 53.5 Å². The van der Waals surface area contributed by atoms with Crippen LogP contribution in [0.5, 0.6) is 0 Å². The summed E-state index contributed by atoms with van der Waals surface area (Å²) in [6.07, 6.45) is 3.22. The molecule has 0 atom stereocenters. The lowest BCUT2D eigenvalue weighted by Gasteiger charge is -2.19. The van der Waals surface area contributed by atoms with Gasteiger partial charge < -0.3 is 4.90 Å². The molecule has 0 N–H and O–H groups in total. The summed E-state index contributed by atoms with van der Waals surface area (Å²) >= 11 is 0. The first-order chi connectivity index (χ1) is 11.5. The largest absolute Gasteiger partial charge is 0.355 e. The van der Waals surface area contributed by atoms with Gasteiger partial charge in [-0.05, 0) is 42.7 Å². The first-order valence-corrected chi connectivity index (χ1v) is 9.32. The van der Waals surface area contributed by atoms with Crippen LogP contribution in [0.4, 0.5) is 10.2 Å². The fraction of sp³-hybridized carbons (Fsp3) is 0.353. The Hall–Kier alpha value is -1.99. The second-order valence-electron chi connectivity index (χ2n) is 5.95. The van der Waals surface area contributed by atoms with Crippen molar-refractivity contribution in [2.24, 2.45) is 0 Å². The molecule has 2 aromatic rings. The van der Waals surface area contributed by atoms with Crippen molar-refractivity contribution >= 4 is 15.8 Å². The highest BCUT2D eigenvalue weighted by atomic mass is 32.2. The van der Waals surface area contributed by atoms with Gasteiger partial charge in [-0.25, -0.2) is 17.8 Å². The summed E-state index contributed by atoms with van der Waals surface area (Å²) in [7, 11) is -1.57. The highest BCUT2D eigenvalue weighted by molar-refractivity contribution is 7.89. The number of anilines is 1. The Morgan fingerprint density at radius 1 is 1.12 bits per heavy atom. The number of benzene rings is 1. The molecule has 0 bridgehead atoms. The molecule has 1 aromatic carbocycles. The van der Waals surface area contributed by atoms with Crippen LogP contribution in [0.3, 0.4) is 0 Å². The minimum Gasteiger partial charge on any atom is -0.355 e. The molecule has 24 heavy (non-hydrogen) atoms. The van der Waals surface area contributed by atoms with E-state index in [4.69, 9.17) is 0 Å². The molecule has 0 unspecified atom stereocenters. The molecule has 0 saturated carbocycles. The average molecular weight is 349 g/mol. The Balaban J connectivity index is 1.72. The first-order valence-electron chi connectivity index (χ1n) is 7.88. The van der Waals surface area contributed by atoms with E-state index in [-0.39, 0.29) is 10.7 Å². The summed E-state index contributed by atoms with van der Waals surface area (Å²) in [5, 5.41) is 0. The van der Waals surface area contributed by atoms with E-state index in [0.717, 1.165) is 18.4 Å². The zero-order valence-corrected chi connectivity index (χ0v) is 14.3. The van der Waals surface area contributed by atoms with Crippen LogP contribution in [0.1, 0.15) is 18.4 Å². The second-order valence-corrected chi connectivity index (χ2v) is 7.88. The molecule has 1 aromatic heterocycles. The normalized spacial score (nSPS) is 15.6. The van der Waals surface area contributed by atoms with E-state index in [1.165, 1.54) is 22.6 Å². The van der Waals surface area contributed by atoms with Crippen molar-refractivity contribution in [3.8, 4) is 0 Å². The van der Waals surface area contributed by atoms with Gasteiger partial charge in [0.05, 0.1) is 0 Å². The molecule has 3 rings (SSSR count). The van der Waals surface area contributed by atoms with Crippen LogP contribution in [-0.4, -0.2) is 37.8 Å². The summed E-state index contributed by atoms with van der Waals surface area (Å²) in [6.45, 7) is 1.72. The maximum Gasteiger partial charge on any atom is 0.244 e. The number of aromatic nitrogens is 1. The van der Waals surface area contributed by atoms with Crippen molar-refractivity contribution < 1.29 is 12.8 Å². The van der Waals surface area contributed by atoms with Crippen molar-refractivity contribution in [2.45, 2.75) is 24.3 Å². The molecular formula is C17H20FN3O2S. The summed E-state index contributed by atoms with van der Waals surface area (Å²) in [4.78, 5) is 6.39. The van der Waals surface area contributed by atoms with Crippen molar-refractivity contribution in [1.29, 1.82) is 0 Å². The van der Waals surface area contributed by atoms with E-state index in [1.807, 2.05) is 11.9 Å². The zero-order valence-electron chi connectivity index (χ0n) is 13.5. The molecule has 5 nitrogen and oxygen atoms in total. The maximum absolute atomic E-state index is 12.9. The molecule has 0 radical (unpaired) electrons. The SMILES string of the molecule is CN(Cc1ccc(F)cc1)c1ccc(S(=O)(=O)N2CCCC2)cn1. The van der Waals surface area contributed by atoms with Crippen molar-refractivity contribution in [3.63, 3.8) is 0 Å². The molecule has 1 aliphatic rings. The Morgan fingerprint density at radius 2 is 1.79 bits per heavy atom. The van der Waals surface area contributed by atoms with Crippen molar-refractivity contribution in [2.75, 3.05) is 25.0 Å². The zero-order chi connectivity index (χ0) is 17.2. The highest BCUT2D eigenvalue weighted by Crippen LogP contribution is 2.22. The third-order valence-corrected chi connectivity index (χ3v) is 6.03. The molecule has 0 amide bonds. The number of hydrogen-bond acceptors (Lipinski definition) is 4. The van der Waals surface area contributed by atoms with E-state index >= 15 is 0 Å². The fourth-order valence-corrected chi connectivity index (χ4v) is 4.24. The number of halogens is 1. The van der Waals surface area contributed by atoms with Gasteiger partial charge in [-0.15, -0.1) is 0 Å². The summed E-state index contributed by atoms with van der Waals surface area (Å²) in [5.74, 6) is 0.399. The van der Waals surface area contributed by atoms with Crippen LogP contribution in [0.25, 0.3) is 0 Å². The molecular weight excluding hydrogens is 329 g/mol. The van der Waals surface area contributed by atoms with E-state index < -0.39 is 10.0 Å². The van der Waals surface area contributed by atoms with Crippen molar-refractivity contribution in [3.05, 3.63) is 54.0 Å². The summed E-state index contributed by atoms with van der Waals surface area (Å²) in [5.41, 5.74) is 0.953. The van der Waals surface area contributed by atoms with Crippen LogP contribution < -0.4 is 4.90 Å². The second kappa shape index (κ2) is 6.86.